The summed E-state index contributed by atoms with van der Waals surface area (Å²) in [6.45, 7) is 0. The van der Waals surface area contributed by atoms with E-state index in [1.807, 2.05) is 0 Å². The van der Waals surface area contributed by atoms with Gasteiger partial charge in [0.1, 0.15) is 5.75 Å². The van der Waals surface area contributed by atoms with Crippen molar-refractivity contribution in [1.29, 1.82) is 0 Å². The van der Waals surface area contributed by atoms with Crippen LogP contribution in [0.15, 0.2) is 12.1 Å². The van der Waals surface area contributed by atoms with E-state index >= 15 is 0 Å². The van der Waals surface area contributed by atoms with Crippen LogP contribution in [0.2, 0.25) is 5.02 Å². The molecule has 2 rings (SSSR count). The van der Waals surface area contributed by atoms with Gasteiger partial charge in [-0.1, -0.05) is 11.6 Å². The van der Waals surface area contributed by atoms with E-state index in [0.717, 1.165) is 6.07 Å². The molecule has 0 saturated heterocycles. The Morgan fingerprint density at radius 1 is 1.37 bits per heavy atom. The summed E-state index contributed by atoms with van der Waals surface area (Å²) in [5.41, 5.74) is -2.19. The first-order valence-electron chi connectivity index (χ1n) is 5.48. The van der Waals surface area contributed by atoms with Crippen LogP contribution >= 0.6 is 11.6 Å². The summed E-state index contributed by atoms with van der Waals surface area (Å²) in [4.78, 5) is 10.8. The minimum atomic E-state index is -4.66. The molecular weight excluding hydrogens is 285 g/mol. The van der Waals surface area contributed by atoms with Gasteiger partial charge >= 0.3 is 12.1 Å². The van der Waals surface area contributed by atoms with Crippen molar-refractivity contribution in [2.24, 2.45) is 0 Å². The monoisotopic (exact) mass is 294 g/mol. The van der Waals surface area contributed by atoms with Gasteiger partial charge in [0.25, 0.3) is 0 Å². The summed E-state index contributed by atoms with van der Waals surface area (Å²) in [7, 11) is 0. The molecule has 19 heavy (non-hydrogen) atoms. The topological polar surface area (TPSA) is 57.5 Å². The second-order valence-electron chi connectivity index (χ2n) is 4.70. The van der Waals surface area contributed by atoms with Gasteiger partial charge in [0.2, 0.25) is 0 Å². The number of hydrogen-bond acceptors (Lipinski definition) is 2. The van der Waals surface area contributed by atoms with Gasteiger partial charge in [-0.25, -0.2) is 0 Å². The molecular formula is C12H10ClF3O3. The fraction of sp³-hybridized carbons (Fsp3) is 0.417. The molecule has 1 aromatic carbocycles. The number of carboxylic acids is 1. The maximum absolute atomic E-state index is 13.0. The molecule has 1 aliphatic carbocycles. The molecule has 0 aromatic heterocycles. The quantitative estimate of drug-likeness (QED) is 0.896. The van der Waals surface area contributed by atoms with Crippen LogP contribution in [0.25, 0.3) is 0 Å². The third-order valence-electron chi connectivity index (χ3n) is 3.31. The summed E-state index contributed by atoms with van der Waals surface area (Å²) in [6.07, 6.45) is -4.31. The molecule has 3 nitrogen and oxygen atoms in total. The average Bonchev–Trinajstić information content (AvgIpc) is 2.99. The number of halogens is 4. The molecule has 2 N–H and O–H groups in total. The molecule has 0 amide bonds. The van der Waals surface area contributed by atoms with Crippen molar-refractivity contribution < 1.29 is 28.2 Å². The lowest BCUT2D eigenvalue weighted by atomic mass is 9.88. The summed E-state index contributed by atoms with van der Waals surface area (Å²) in [5.74, 6) is -1.82. The smallest absolute Gasteiger partial charge is 0.416 e. The zero-order valence-corrected chi connectivity index (χ0v) is 10.3. The Balaban J connectivity index is 2.56. The Morgan fingerprint density at radius 2 is 1.95 bits per heavy atom. The van der Waals surface area contributed by atoms with E-state index in [2.05, 4.69) is 0 Å². The van der Waals surface area contributed by atoms with Crippen LogP contribution in [0.5, 0.6) is 5.75 Å². The minimum absolute atomic E-state index is 0.148. The van der Waals surface area contributed by atoms with Crippen molar-refractivity contribution in [3.05, 3.63) is 28.3 Å². The van der Waals surface area contributed by atoms with E-state index in [1.54, 1.807) is 0 Å². The number of aliphatic carboxylic acids is 1. The Labute approximate surface area is 111 Å². The number of carbonyl (C=O) groups is 1. The zero-order chi connectivity index (χ0) is 14.4. The first-order valence-corrected chi connectivity index (χ1v) is 5.85. The third kappa shape index (κ3) is 2.63. The van der Waals surface area contributed by atoms with Gasteiger partial charge in [0.05, 0.1) is 17.0 Å². The third-order valence-corrected chi connectivity index (χ3v) is 3.61. The minimum Gasteiger partial charge on any atom is -0.506 e. The summed E-state index contributed by atoms with van der Waals surface area (Å²) in [6, 6.07) is 1.58. The highest BCUT2D eigenvalue weighted by molar-refractivity contribution is 6.32. The van der Waals surface area contributed by atoms with E-state index in [1.165, 1.54) is 0 Å². The van der Waals surface area contributed by atoms with Gasteiger partial charge < -0.3 is 10.2 Å². The number of hydrogen-bond donors (Lipinski definition) is 2. The van der Waals surface area contributed by atoms with Crippen LogP contribution in [0.4, 0.5) is 13.2 Å². The van der Waals surface area contributed by atoms with Crippen molar-refractivity contribution in [2.75, 3.05) is 0 Å². The molecule has 0 spiro atoms. The van der Waals surface area contributed by atoms with Gasteiger partial charge in [-0.3, -0.25) is 4.79 Å². The van der Waals surface area contributed by atoms with Crippen molar-refractivity contribution in [1.82, 2.24) is 0 Å². The fourth-order valence-corrected chi connectivity index (χ4v) is 2.38. The maximum Gasteiger partial charge on any atom is 0.416 e. The van der Waals surface area contributed by atoms with Gasteiger partial charge in [-0.05, 0) is 30.5 Å². The van der Waals surface area contributed by atoms with Gasteiger partial charge in [0.15, 0.2) is 0 Å². The highest BCUT2D eigenvalue weighted by Crippen LogP contribution is 2.55. The van der Waals surface area contributed by atoms with Crippen molar-refractivity contribution >= 4 is 17.6 Å². The molecule has 1 aliphatic rings. The lowest BCUT2D eigenvalue weighted by Gasteiger charge is -2.20. The van der Waals surface area contributed by atoms with Gasteiger partial charge in [0, 0.05) is 5.41 Å². The molecule has 0 atom stereocenters. The lowest BCUT2D eigenvalue weighted by Crippen LogP contribution is -2.19. The number of alkyl halides is 3. The molecule has 0 bridgehead atoms. The normalized spacial score (nSPS) is 17.3. The summed E-state index contributed by atoms with van der Waals surface area (Å²) in [5, 5.41) is 17.9. The highest BCUT2D eigenvalue weighted by atomic mass is 35.5. The van der Waals surface area contributed by atoms with Crippen molar-refractivity contribution in [3.63, 3.8) is 0 Å². The average molecular weight is 295 g/mol. The Hall–Kier alpha value is -1.43. The van der Waals surface area contributed by atoms with Crippen LogP contribution in [0.3, 0.4) is 0 Å². The molecule has 1 fully saturated rings. The van der Waals surface area contributed by atoms with E-state index in [4.69, 9.17) is 16.7 Å². The fourth-order valence-electron chi connectivity index (χ4n) is 2.22. The number of phenols is 1. The second kappa shape index (κ2) is 4.30. The molecule has 7 heteroatoms. The molecule has 0 aliphatic heterocycles. The Bertz CT molecular complexity index is 536. The van der Waals surface area contributed by atoms with Gasteiger partial charge in [-0.2, -0.15) is 13.2 Å². The SMILES string of the molecule is O=C(O)CC1(c2cc(Cl)c(O)cc2C(F)(F)F)CC1. The number of carboxylic acid groups (broad SMARTS) is 1. The largest absolute Gasteiger partial charge is 0.506 e. The second-order valence-corrected chi connectivity index (χ2v) is 5.11. The number of rotatable bonds is 3. The van der Waals surface area contributed by atoms with Crippen molar-refractivity contribution in [3.8, 4) is 5.75 Å². The molecule has 104 valence electrons. The van der Waals surface area contributed by atoms with Crippen LogP contribution in [0, 0.1) is 0 Å². The predicted molar refractivity (Wildman–Crippen MR) is 61.3 cm³/mol. The summed E-state index contributed by atoms with van der Waals surface area (Å²) >= 11 is 5.64. The highest BCUT2D eigenvalue weighted by Gasteiger charge is 2.50. The lowest BCUT2D eigenvalue weighted by molar-refractivity contribution is -0.141. The van der Waals surface area contributed by atoms with Crippen LogP contribution in [-0.2, 0) is 16.4 Å². The van der Waals surface area contributed by atoms with Crippen LogP contribution in [0.1, 0.15) is 30.4 Å². The van der Waals surface area contributed by atoms with E-state index in [9.17, 15) is 23.1 Å². The number of phenolic OH excluding ortho intramolecular Hbond substituents is 1. The zero-order valence-electron chi connectivity index (χ0n) is 9.59. The maximum atomic E-state index is 13.0. The molecule has 1 saturated carbocycles. The Kier molecular flexibility index (Phi) is 3.16. The van der Waals surface area contributed by atoms with Crippen LogP contribution in [-0.4, -0.2) is 16.2 Å². The number of benzene rings is 1. The van der Waals surface area contributed by atoms with Crippen LogP contribution < -0.4 is 0 Å². The predicted octanol–water partition coefficient (Wildman–Crippen LogP) is 3.57. The first kappa shape index (κ1) is 14.0. The van der Waals surface area contributed by atoms with E-state index in [0.29, 0.717) is 18.9 Å². The molecule has 0 radical (unpaired) electrons. The first-order chi connectivity index (χ1) is 8.66. The Morgan fingerprint density at radius 3 is 2.37 bits per heavy atom. The van der Waals surface area contributed by atoms with Crippen molar-refractivity contribution in [2.45, 2.75) is 30.9 Å². The standard InChI is InChI=1S/C12H10ClF3O3/c13-8-3-6(11(1-2-11)5-10(18)19)7(4-9(8)17)12(14,15)16/h3-4,17H,1-2,5H2,(H,18,19). The molecule has 0 heterocycles. The number of aromatic hydroxyl groups is 1. The van der Waals surface area contributed by atoms with Gasteiger partial charge in [-0.15, -0.1) is 0 Å². The summed E-state index contributed by atoms with van der Waals surface area (Å²) < 4.78 is 38.9. The molecule has 1 aromatic rings. The van der Waals surface area contributed by atoms with E-state index in [-0.39, 0.29) is 17.0 Å². The van der Waals surface area contributed by atoms with E-state index < -0.39 is 28.9 Å². The molecule has 0 unspecified atom stereocenters.